The van der Waals surface area contributed by atoms with Crippen LogP contribution in [0.5, 0.6) is 0 Å². The number of nitrogens with zero attached hydrogens (tertiary/aromatic N) is 2. The maximum atomic E-state index is 4.37. The first kappa shape index (κ1) is 13.3. The first-order chi connectivity index (χ1) is 9.28. The lowest BCUT2D eigenvalue weighted by Gasteiger charge is -2.05. The molecule has 0 aliphatic rings. The Morgan fingerprint density at radius 2 is 1.95 bits per heavy atom. The van der Waals surface area contributed by atoms with Crippen molar-refractivity contribution in [2.24, 2.45) is 0 Å². The number of hydrogen-bond acceptors (Lipinski definition) is 3. The Labute approximate surface area is 114 Å². The molecule has 98 valence electrons. The van der Waals surface area contributed by atoms with Gasteiger partial charge < -0.3 is 5.32 Å². The number of aryl methyl sites for hydroxylation is 2. The van der Waals surface area contributed by atoms with Gasteiger partial charge in [-0.2, -0.15) is 0 Å². The third kappa shape index (κ3) is 4.21. The predicted octanol–water partition coefficient (Wildman–Crippen LogP) is 3.47. The zero-order chi connectivity index (χ0) is 13.5. The molecule has 0 aliphatic carbocycles. The zero-order valence-electron chi connectivity index (χ0n) is 11.4. The van der Waals surface area contributed by atoms with Gasteiger partial charge in [-0.05, 0) is 18.9 Å². The Hall–Kier alpha value is -2.16. The molecule has 3 heteroatoms. The first-order valence-corrected chi connectivity index (χ1v) is 6.58. The second-order valence-corrected chi connectivity index (χ2v) is 4.34. The van der Waals surface area contributed by atoms with Gasteiger partial charge >= 0.3 is 0 Å². The summed E-state index contributed by atoms with van der Waals surface area (Å²) in [4.78, 5) is 8.73. The van der Waals surface area contributed by atoms with Gasteiger partial charge in [0, 0.05) is 18.3 Å². The van der Waals surface area contributed by atoms with E-state index in [0.717, 1.165) is 30.3 Å². The van der Waals surface area contributed by atoms with Crippen LogP contribution < -0.4 is 5.32 Å². The molecule has 0 atom stereocenters. The number of aromatic nitrogens is 2. The lowest BCUT2D eigenvalue weighted by molar-refractivity contribution is 0.948. The fourth-order valence-electron chi connectivity index (χ4n) is 1.82. The van der Waals surface area contributed by atoms with Gasteiger partial charge in [-0.15, -0.1) is 0 Å². The second kappa shape index (κ2) is 6.69. The minimum absolute atomic E-state index is 0.758. The summed E-state index contributed by atoms with van der Waals surface area (Å²) in [5.74, 6) is 1.70. The molecule has 0 radical (unpaired) electrons. The summed E-state index contributed by atoms with van der Waals surface area (Å²) in [7, 11) is 0. The highest BCUT2D eigenvalue weighted by Gasteiger charge is 1.98. The minimum Gasteiger partial charge on any atom is -0.366 e. The van der Waals surface area contributed by atoms with Gasteiger partial charge in [0.1, 0.15) is 11.6 Å². The largest absolute Gasteiger partial charge is 0.366 e. The van der Waals surface area contributed by atoms with Crippen LogP contribution in [0.3, 0.4) is 0 Å². The van der Waals surface area contributed by atoms with Crippen LogP contribution in [-0.4, -0.2) is 16.5 Å². The Morgan fingerprint density at radius 3 is 2.68 bits per heavy atom. The summed E-state index contributed by atoms with van der Waals surface area (Å²) in [6, 6.07) is 12.3. The summed E-state index contributed by atoms with van der Waals surface area (Å²) in [6.45, 7) is 4.78. The van der Waals surface area contributed by atoms with E-state index in [-0.39, 0.29) is 0 Å². The molecule has 2 rings (SSSR count). The number of rotatable bonds is 5. The Kier molecular flexibility index (Phi) is 4.67. The highest BCUT2D eigenvalue weighted by atomic mass is 15.0. The van der Waals surface area contributed by atoms with Gasteiger partial charge in [0.15, 0.2) is 0 Å². The average molecular weight is 253 g/mol. The lowest BCUT2D eigenvalue weighted by atomic mass is 10.2. The first-order valence-electron chi connectivity index (χ1n) is 6.58. The van der Waals surface area contributed by atoms with Crippen molar-refractivity contribution >= 4 is 11.9 Å². The van der Waals surface area contributed by atoms with E-state index in [1.807, 2.05) is 31.2 Å². The van der Waals surface area contributed by atoms with Gasteiger partial charge in [-0.1, -0.05) is 49.4 Å². The van der Waals surface area contributed by atoms with Gasteiger partial charge in [0.2, 0.25) is 0 Å². The molecule has 1 heterocycles. The molecule has 0 aliphatic heterocycles. The predicted molar refractivity (Wildman–Crippen MR) is 80.1 cm³/mol. The second-order valence-electron chi connectivity index (χ2n) is 4.34. The maximum Gasteiger partial charge on any atom is 0.130 e. The number of benzene rings is 1. The fraction of sp³-hybridized carbons (Fsp3) is 0.250. The van der Waals surface area contributed by atoms with E-state index < -0.39 is 0 Å². The summed E-state index contributed by atoms with van der Waals surface area (Å²) in [5, 5.41) is 3.29. The summed E-state index contributed by atoms with van der Waals surface area (Å²) in [6.07, 6.45) is 5.12. The van der Waals surface area contributed by atoms with E-state index >= 15 is 0 Å². The van der Waals surface area contributed by atoms with Gasteiger partial charge in [-0.3, -0.25) is 0 Å². The van der Waals surface area contributed by atoms with Gasteiger partial charge in [0.25, 0.3) is 0 Å². The smallest absolute Gasteiger partial charge is 0.130 e. The highest BCUT2D eigenvalue weighted by Crippen LogP contribution is 2.07. The van der Waals surface area contributed by atoms with Crippen molar-refractivity contribution in [3.8, 4) is 0 Å². The van der Waals surface area contributed by atoms with Crippen LogP contribution >= 0.6 is 0 Å². The van der Waals surface area contributed by atoms with E-state index in [2.05, 4.69) is 46.5 Å². The van der Waals surface area contributed by atoms with Crippen molar-refractivity contribution < 1.29 is 0 Å². The Morgan fingerprint density at radius 1 is 1.16 bits per heavy atom. The van der Waals surface area contributed by atoms with E-state index in [0.29, 0.717) is 0 Å². The Balaban J connectivity index is 1.92. The van der Waals surface area contributed by atoms with Crippen molar-refractivity contribution in [2.75, 3.05) is 11.9 Å². The molecule has 0 saturated heterocycles. The SMILES string of the molecule is CCc1cc(NC/C=C/c2ccccc2)nc(C)n1. The van der Waals surface area contributed by atoms with Crippen molar-refractivity contribution in [1.82, 2.24) is 9.97 Å². The van der Waals surface area contributed by atoms with Crippen molar-refractivity contribution in [3.63, 3.8) is 0 Å². The van der Waals surface area contributed by atoms with Crippen LogP contribution in [0.2, 0.25) is 0 Å². The molecule has 0 saturated carbocycles. The molecule has 1 aromatic carbocycles. The molecule has 0 spiro atoms. The van der Waals surface area contributed by atoms with Crippen LogP contribution in [-0.2, 0) is 6.42 Å². The summed E-state index contributed by atoms with van der Waals surface area (Å²) < 4.78 is 0. The van der Waals surface area contributed by atoms with Crippen molar-refractivity contribution in [1.29, 1.82) is 0 Å². The standard InChI is InChI=1S/C16H19N3/c1-3-15-12-16(19-13(2)18-15)17-11-7-10-14-8-5-4-6-9-14/h4-10,12H,3,11H2,1-2H3,(H,17,18,19)/b10-7+. The molecule has 1 N–H and O–H groups in total. The molecule has 3 nitrogen and oxygen atoms in total. The summed E-state index contributed by atoms with van der Waals surface area (Å²) in [5.41, 5.74) is 2.28. The third-order valence-electron chi connectivity index (χ3n) is 2.76. The lowest BCUT2D eigenvalue weighted by Crippen LogP contribution is -2.04. The van der Waals surface area contributed by atoms with Gasteiger partial charge in [0.05, 0.1) is 0 Å². The number of anilines is 1. The third-order valence-corrected chi connectivity index (χ3v) is 2.76. The molecule has 19 heavy (non-hydrogen) atoms. The molecule has 1 aromatic heterocycles. The highest BCUT2D eigenvalue weighted by molar-refractivity contribution is 5.50. The molecule has 0 fully saturated rings. The Bertz CT molecular complexity index is 547. The average Bonchev–Trinajstić information content (AvgIpc) is 2.44. The van der Waals surface area contributed by atoms with Crippen molar-refractivity contribution in [3.05, 3.63) is 59.6 Å². The fourth-order valence-corrected chi connectivity index (χ4v) is 1.82. The topological polar surface area (TPSA) is 37.8 Å². The molecule has 0 bridgehead atoms. The molecule has 2 aromatic rings. The minimum atomic E-state index is 0.758. The van der Waals surface area contributed by atoms with Crippen LogP contribution in [0.15, 0.2) is 42.5 Å². The molecule has 0 amide bonds. The van der Waals surface area contributed by atoms with E-state index in [4.69, 9.17) is 0 Å². The van der Waals surface area contributed by atoms with Crippen LogP contribution in [0.4, 0.5) is 5.82 Å². The van der Waals surface area contributed by atoms with Crippen LogP contribution in [0.1, 0.15) is 24.0 Å². The molecule has 0 unspecified atom stereocenters. The maximum absolute atomic E-state index is 4.37. The quantitative estimate of drug-likeness (QED) is 0.886. The molecular formula is C16H19N3. The number of hydrogen-bond donors (Lipinski definition) is 1. The molecular weight excluding hydrogens is 234 g/mol. The normalized spacial score (nSPS) is 10.8. The number of nitrogens with one attached hydrogen (secondary N) is 1. The summed E-state index contributed by atoms with van der Waals surface area (Å²) >= 11 is 0. The van der Waals surface area contributed by atoms with Crippen LogP contribution in [0.25, 0.3) is 6.08 Å². The van der Waals surface area contributed by atoms with Crippen molar-refractivity contribution in [2.45, 2.75) is 20.3 Å². The van der Waals surface area contributed by atoms with E-state index in [9.17, 15) is 0 Å². The van der Waals surface area contributed by atoms with E-state index in [1.54, 1.807) is 0 Å². The monoisotopic (exact) mass is 253 g/mol. The zero-order valence-corrected chi connectivity index (χ0v) is 11.4. The van der Waals surface area contributed by atoms with Crippen LogP contribution in [0, 0.1) is 6.92 Å². The van der Waals surface area contributed by atoms with Gasteiger partial charge in [-0.25, -0.2) is 9.97 Å². The van der Waals surface area contributed by atoms with E-state index in [1.165, 1.54) is 5.56 Å².